The van der Waals surface area contributed by atoms with Crippen LogP contribution < -0.4 is 5.32 Å². The van der Waals surface area contributed by atoms with Gasteiger partial charge in [-0.3, -0.25) is 0 Å². The van der Waals surface area contributed by atoms with Gasteiger partial charge in [-0.15, -0.1) is 0 Å². The Labute approximate surface area is 151 Å². The topological polar surface area (TPSA) is 66.4 Å². The predicted octanol–water partition coefficient (Wildman–Crippen LogP) is 4.50. The van der Waals surface area contributed by atoms with Crippen molar-refractivity contribution in [2.24, 2.45) is 0 Å². The predicted molar refractivity (Wildman–Crippen MR) is 87.7 cm³/mol. The van der Waals surface area contributed by atoms with Crippen molar-refractivity contribution in [3.63, 3.8) is 0 Å². The molecule has 1 aliphatic carbocycles. The van der Waals surface area contributed by atoms with Crippen LogP contribution in [0.25, 0.3) is 0 Å². The summed E-state index contributed by atoms with van der Waals surface area (Å²) >= 11 is 5.70. The zero-order valence-electron chi connectivity index (χ0n) is 12.9. The van der Waals surface area contributed by atoms with E-state index in [4.69, 9.17) is 11.6 Å². The van der Waals surface area contributed by atoms with Gasteiger partial charge in [0, 0.05) is 16.9 Å². The first kappa shape index (κ1) is 18.9. The molecule has 2 aromatic rings. The summed E-state index contributed by atoms with van der Waals surface area (Å²) in [7, 11) is -5.60. The molecule has 2 aromatic carbocycles. The number of anilines is 2. The van der Waals surface area contributed by atoms with E-state index in [0.717, 1.165) is 12.1 Å². The molecule has 10 heteroatoms. The molecule has 0 amide bonds. The Bertz CT molecular complexity index is 976. The lowest BCUT2D eigenvalue weighted by atomic mass is 10.1. The van der Waals surface area contributed by atoms with Crippen molar-refractivity contribution < 1.29 is 31.1 Å². The molecule has 1 atom stereocenters. The Balaban J connectivity index is 2.10. The molecule has 3 rings (SSSR count). The van der Waals surface area contributed by atoms with Crippen molar-refractivity contribution in [3.05, 3.63) is 52.3 Å². The minimum atomic E-state index is -5.60. The molecule has 0 fully saturated rings. The highest BCUT2D eigenvalue weighted by atomic mass is 35.5. The molecular weight excluding hydrogens is 398 g/mol. The van der Waals surface area contributed by atoms with Gasteiger partial charge in [0.2, 0.25) is 0 Å². The fraction of sp³-hybridized carbons (Fsp3) is 0.250. The maximum absolute atomic E-state index is 13.2. The normalized spacial score (nSPS) is 17.2. The van der Waals surface area contributed by atoms with Crippen molar-refractivity contribution >= 4 is 32.8 Å². The average Bonchev–Trinajstić information content (AvgIpc) is 2.93. The van der Waals surface area contributed by atoms with Crippen LogP contribution in [0.15, 0.2) is 35.2 Å². The fourth-order valence-corrected chi connectivity index (χ4v) is 4.13. The van der Waals surface area contributed by atoms with Gasteiger partial charge in [-0.1, -0.05) is 11.6 Å². The first-order valence-corrected chi connectivity index (χ1v) is 9.26. The van der Waals surface area contributed by atoms with E-state index in [-0.39, 0.29) is 29.0 Å². The zero-order chi connectivity index (χ0) is 19.3. The van der Waals surface area contributed by atoms with E-state index in [2.05, 4.69) is 5.32 Å². The number of hydrogen-bond donors (Lipinski definition) is 2. The van der Waals surface area contributed by atoms with Crippen molar-refractivity contribution in [2.45, 2.75) is 29.3 Å². The maximum atomic E-state index is 13.2. The lowest BCUT2D eigenvalue weighted by Crippen LogP contribution is -2.25. The Kier molecular flexibility index (Phi) is 4.66. The van der Waals surface area contributed by atoms with Crippen LogP contribution in [0.3, 0.4) is 0 Å². The number of halogens is 5. The molecule has 0 bridgehead atoms. The monoisotopic (exact) mass is 409 g/mol. The quantitative estimate of drug-likeness (QED) is 0.733. The van der Waals surface area contributed by atoms with E-state index in [1.54, 1.807) is 0 Å². The SMILES string of the molecule is O=S(=O)(c1ccc(Nc2ccc(F)c(Cl)c2)c2c1C(O)CC2)C(F)(F)F. The van der Waals surface area contributed by atoms with Crippen LogP contribution in [0.4, 0.5) is 28.9 Å². The molecule has 2 N–H and O–H groups in total. The molecule has 140 valence electrons. The van der Waals surface area contributed by atoms with Gasteiger partial charge in [0.1, 0.15) is 5.82 Å². The van der Waals surface area contributed by atoms with Crippen molar-refractivity contribution in [1.29, 1.82) is 0 Å². The van der Waals surface area contributed by atoms with Crippen molar-refractivity contribution in [3.8, 4) is 0 Å². The van der Waals surface area contributed by atoms with Gasteiger partial charge in [-0.2, -0.15) is 13.2 Å². The average molecular weight is 410 g/mol. The smallest absolute Gasteiger partial charge is 0.388 e. The summed E-state index contributed by atoms with van der Waals surface area (Å²) < 4.78 is 75.6. The molecule has 0 saturated carbocycles. The summed E-state index contributed by atoms with van der Waals surface area (Å²) in [5.41, 5.74) is -4.78. The number of hydrogen-bond acceptors (Lipinski definition) is 4. The molecule has 4 nitrogen and oxygen atoms in total. The van der Waals surface area contributed by atoms with Gasteiger partial charge in [0.15, 0.2) is 0 Å². The molecule has 26 heavy (non-hydrogen) atoms. The van der Waals surface area contributed by atoms with E-state index in [9.17, 15) is 31.1 Å². The highest BCUT2D eigenvalue weighted by molar-refractivity contribution is 7.92. The second-order valence-corrected chi connectivity index (χ2v) is 8.08. The zero-order valence-corrected chi connectivity index (χ0v) is 14.5. The number of sulfone groups is 1. The Morgan fingerprint density at radius 3 is 2.50 bits per heavy atom. The van der Waals surface area contributed by atoms with E-state index in [1.807, 2.05) is 0 Å². The number of aliphatic hydroxyl groups excluding tert-OH is 1. The van der Waals surface area contributed by atoms with E-state index in [1.165, 1.54) is 18.2 Å². The first-order valence-electron chi connectivity index (χ1n) is 7.39. The van der Waals surface area contributed by atoms with Crippen molar-refractivity contribution in [1.82, 2.24) is 0 Å². The lowest BCUT2D eigenvalue weighted by Gasteiger charge is -2.17. The molecular formula is C16H12ClF4NO3S. The van der Waals surface area contributed by atoms with Gasteiger partial charge >= 0.3 is 5.51 Å². The van der Waals surface area contributed by atoms with Crippen LogP contribution in [-0.4, -0.2) is 19.0 Å². The highest BCUT2D eigenvalue weighted by Crippen LogP contribution is 2.44. The molecule has 0 aliphatic heterocycles. The summed E-state index contributed by atoms with van der Waals surface area (Å²) in [6.07, 6.45) is -1.04. The summed E-state index contributed by atoms with van der Waals surface area (Å²) in [6.45, 7) is 0. The third-order valence-electron chi connectivity index (χ3n) is 4.11. The summed E-state index contributed by atoms with van der Waals surface area (Å²) in [4.78, 5) is -0.951. The van der Waals surface area contributed by atoms with Crippen LogP contribution in [-0.2, 0) is 16.3 Å². The van der Waals surface area contributed by atoms with Gasteiger partial charge in [-0.05, 0) is 48.7 Å². The molecule has 0 aromatic heterocycles. The molecule has 1 aliphatic rings. The first-order chi connectivity index (χ1) is 12.0. The number of aliphatic hydroxyl groups is 1. The Morgan fingerprint density at radius 2 is 1.88 bits per heavy atom. The second kappa shape index (κ2) is 6.40. The molecule has 0 radical (unpaired) electrons. The fourth-order valence-electron chi connectivity index (χ4n) is 2.91. The summed E-state index contributed by atoms with van der Waals surface area (Å²) in [5.74, 6) is -0.635. The van der Waals surface area contributed by atoms with E-state index < -0.39 is 32.2 Å². The molecule has 0 saturated heterocycles. The van der Waals surface area contributed by atoms with Gasteiger partial charge in [-0.25, -0.2) is 12.8 Å². The molecule has 0 heterocycles. The third kappa shape index (κ3) is 3.15. The van der Waals surface area contributed by atoms with Gasteiger partial charge < -0.3 is 10.4 Å². The lowest BCUT2D eigenvalue weighted by molar-refractivity contribution is -0.0437. The van der Waals surface area contributed by atoms with Gasteiger partial charge in [0.25, 0.3) is 9.84 Å². The van der Waals surface area contributed by atoms with E-state index in [0.29, 0.717) is 11.4 Å². The third-order valence-corrected chi connectivity index (χ3v) is 5.94. The minimum absolute atomic E-state index is 0.0958. The van der Waals surface area contributed by atoms with Crippen LogP contribution in [0, 0.1) is 5.82 Å². The number of alkyl halides is 3. The Hall–Kier alpha value is -1.84. The largest absolute Gasteiger partial charge is 0.501 e. The highest BCUT2D eigenvalue weighted by Gasteiger charge is 2.49. The summed E-state index contributed by atoms with van der Waals surface area (Å²) in [6, 6.07) is 5.77. The second-order valence-electron chi connectivity index (χ2n) is 5.76. The maximum Gasteiger partial charge on any atom is 0.501 e. The van der Waals surface area contributed by atoms with Crippen LogP contribution in [0.2, 0.25) is 5.02 Å². The summed E-state index contributed by atoms with van der Waals surface area (Å²) in [5, 5.41) is 12.8. The standard InChI is InChI=1S/C16H12ClF4NO3S/c17-10-7-8(1-3-11(10)18)22-12-4-6-14(26(24,25)16(19,20)21)15-9(12)2-5-13(15)23/h1,3-4,6-7,13,22-23H,2,5H2. The number of nitrogens with one attached hydrogen (secondary N) is 1. The van der Waals surface area contributed by atoms with Crippen LogP contribution in [0.1, 0.15) is 23.7 Å². The van der Waals surface area contributed by atoms with Crippen LogP contribution >= 0.6 is 11.6 Å². The molecule has 1 unspecified atom stereocenters. The number of benzene rings is 2. The minimum Gasteiger partial charge on any atom is -0.388 e. The van der Waals surface area contributed by atoms with Crippen LogP contribution in [0.5, 0.6) is 0 Å². The molecule has 0 spiro atoms. The Morgan fingerprint density at radius 1 is 1.19 bits per heavy atom. The van der Waals surface area contributed by atoms with Crippen molar-refractivity contribution in [2.75, 3.05) is 5.32 Å². The van der Waals surface area contributed by atoms with Gasteiger partial charge in [0.05, 0.1) is 16.0 Å². The number of fused-ring (bicyclic) bond motifs is 1. The van der Waals surface area contributed by atoms with E-state index >= 15 is 0 Å². The number of rotatable bonds is 3.